The summed E-state index contributed by atoms with van der Waals surface area (Å²) in [7, 11) is 0.127. The van der Waals surface area contributed by atoms with Gasteiger partial charge in [-0.15, -0.1) is 0 Å². The average molecular weight is 381 g/mol. The quantitative estimate of drug-likeness (QED) is 0.735. The summed E-state index contributed by atoms with van der Waals surface area (Å²) in [5.74, 6) is 0.739. The zero-order valence-electron chi connectivity index (χ0n) is 14.7. The molecule has 0 aliphatic rings. The predicted molar refractivity (Wildman–Crippen MR) is 94.7 cm³/mol. The van der Waals surface area contributed by atoms with E-state index in [9.17, 15) is 13.2 Å². The molecule has 2 rings (SSSR count). The maximum Gasteiger partial charge on any atom is 0.339 e. The molecule has 1 N–H and O–H groups in total. The Labute approximate surface area is 151 Å². The Bertz CT molecular complexity index is 887. The van der Waals surface area contributed by atoms with Crippen LogP contribution in [0.15, 0.2) is 41.3 Å². The van der Waals surface area contributed by atoms with Gasteiger partial charge in [0.1, 0.15) is 27.9 Å². The van der Waals surface area contributed by atoms with Gasteiger partial charge in [-0.25, -0.2) is 0 Å². The van der Waals surface area contributed by atoms with Crippen LogP contribution in [0.5, 0.6) is 23.0 Å². The summed E-state index contributed by atoms with van der Waals surface area (Å²) < 4.78 is 45.6. The molecule has 1 amide bonds. The molecule has 140 valence electrons. The first-order valence-electron chi connectivity index (χ1n) is 7.42. The van der Waals surface area contributed by atoms with Crippen molar-refractivity contribution >= 4 is 21.7 Å². The first-order valence-corrected chi connectivity index (χ1v) is 8.83. The van der Waals surface area contributed by atoms with E-state index in [1.165, 1.54) is 58.6 Å². The Balaban J connectivity index is 2.40. The van der Waals surface area contributed by atoms with E-state index in [4.69, 9.17) is 18.4 Å². The van der Waals surface area contributed by atoms with Crippen LogP contribution in [-0.2, 0) is 14.9 Å². The van der Waals surface area contributed by atoms with Gasteiger partial charge in [0.25, 0.3) is 0 Å². The van der Waals surface area contributed by atoms with Gasteiger partial charge in [0.15, 0.2) is 0 Å². The number of rotatable bonds is 7. The molecule has 0 saturated carbocycles. The normalized spacial score (nSPS) is 10.8. The van der Waals surface area contributed by atoms with Crippen LogP contribution in [0, 0.1) is 0 Å². The number of amides is 1. The fraction of sp³-hybridized carbons (Fsp3) is 0.235. The van der Waals surface area contributed by atoms with Gasteiger partial charge in [0, 0.05) is 25.1 Å². The lowest BCUT2D eigenvalue weighted by atomic mass is 10.3. The van der Waals surface area contributed by atoms with Crippen LogP contribution in [0.1, 0.15) is 6.92 Å². The lowest BCUT2D eigenvalue weighted by molar-refractivity contribution is -0.114. The van der Waals surface area contributed by atoms with Gasteiger partial charge in [-0.3, -0.25) is 4.79 Å². The number of carbonyl (C=O) groups is 1. The number of carbonyl (C=O) groups excluding carboxylic acids is 1. The summed E-state index contributed by atoms with van der Waals surface area (Å²) in [6, 6.07) is 8.41. The molecule has 0 spiro atoms. The Hall–Kier alpha value is -2.94. The van der Waals surface area contributed by atoms with Crippen LogP contribution in [0.3, 0.4) is 0 Å². The van der Waals surface area contributed by atoms with Gasteiger partial charge < -0.3 is 23.7 Å². The van der Waals surface area contributed by atoms with Crippen molar-refractivity contribution in [1.82, 2.24) is 0 Å². The first kappa shape index (κ1) is 19.4. The van der Waals surface area contributed by atoms with Crippen molar-refractivity contribution < 1.29 is 31.6 Å². The molecule has 2 aromatic rings. The highest BCUT2D eigenvalue weighted by atomic mass is 32.2. The van der Waals surface area contributed by atoms with Crippen molar-refractivity contribution in [3.63, 3.8) is 0 Å². The molecule has 0 bridgehead atoms. The van der Waals surface area contributed by atoms with Crippen LogP contribution in [0.4, 0.5) is 5.69 Å². The topological polar surface area (TPSA) is 100 Å². The third kappa shape index (κ3) is 4.57. The van der Waals surface area contributed by atoms with E-state index >= 15 is 0 Å². The SMILES string of the molecule is COc1cc(OC)cc(OS(=O)(=O)c2ccc(OC)c(NC(C)=O)c2)c1. The second-order valence-electron chi connectivity index (χ2n) is 5.13. The van der Waals surface area contributed by atoms with Gasteiger partial charge in [0.2, 0.25) is 5.91 Å². The minimum atomic E-state index is -4.16. The maximum absolute atomic E-state index is 12.6. The molecular weight excluding hydrogens is 362 g/mol. The van der Waals surface area contributed by atoms with E-state index in [0.29, 0.717) is 17.2 Å². The second kappa shape index (κ2) is 7.96. The minimum Gasteiger partial charge on any atom is -0.496 e. The first-order chi connectivity index (χ1) is 12.3. The van der Waals surface area contributed by atoms with Crippen LogP contribution >= 0.6 is 0 Å². The number of hydrogen-bond acceptors (Lipinski definition) is 7. The van der Waals surface area contributed by atoms with E-state index in [0.717, 1.165) is 0 Å². The van der Waals surface area contributed by atoms with E-state index in [2.05, 4.69) is 5.32 Å². The van der Waals surface area contributed by atoms with E-state index in [1.54, 1.807) is 6.07 Å². The van der Waals surface area contributed by atoms with Crippen molar-refractivity contribution in [2.24, 2.45) is 0 Å². The Morgan fingerprint density at radius 1 is 0.885 bits per heavy atom. The van der Waals surface area contributed by atoms with E-state index in [-0.39, 0.29) is 22.2 Å². The highest BCUT2D eigenvalue weighted by Gasteiger charge is 2.20. The molecule has 2 aromatic carbocycles. The standard InChI is InChI=1S/C17H19NO7S/c1-11(19)18-16-10-15(5-6-17(16)24-4)26(20,21)25-14-8-12(22-2)7-13(9-14)23-3/h5-10H,1-4H3,(H,18,19). The number of ether oxygens (including phenoxy) is 3. The second-order valence-corrected chi connectivity index (χ2v) is 6.68. The van der Waals surface area contributed by atoms with Crippen LogP contribution in [0.2, 0.25) is 0 Å². The molecule has 8 nitrogen and oxygen atoms in total. The Kier molecular flexibility index (Phi) is 5.93. The summed E-state index contributed by atoms with van der Waals surface area (Å²) in [6.45, 7) is 1.31. The predicted octanol–water partition coefficient (Wildman–Crippen LogP) is 2.44. The lowest BCUT2D eigenvalue weighted by Crippen LogP contribution is -2.12. The highest BCUT2D eigenvalue weighted by molar-refractivity contribution is 7.87. The summed E-state index contributed by atoms with van der Waals surface area (Å²) in [5.41, 5.74) is 0.216. The summed E-state index contributed by atoms with van der Waals surface area (Å²) in [6.07, 6.45) is 0. The largest absolute Gasteiger partial charge is 0.496 e. The number of anilines is 1. The fourth-order valence-corrected chi connectivity index (χ4v) is 3.08. The smallest absolute Gasteiger partial charge is 0.339 e. The Morgan fingerprint density at radius 3 is 1.96 bits per heavy atom. The molecular formula is C17H19NO7S. The maximum atomic E-state index is 12.6. The number of methoxy groups -OCH3 is 3. The molecule has 0 heterocycles. The Morgan fingerprint density at radius 2 is 1.46 bits per heavy atom. The molecule has 0 radical (unpaired) electrons. The van der Waals surface area contributed by atoms with E-state index < -0.39 is 10.1 Å². The third-order valence-corrected chi connectivity index (χ3v) is 4.54. The molecule has 0 aromatic heterocycles. The number of nitrogens with one attached hydrogen (secondary N) is 1. The summed E-state index contributed by atoms with van der Waals surface area (Å²) >= 11 is 0. The molecule has 9 heteroatoms. The number of benzene rings is 2. The van der Waals surface area contributed by atoms with Gasteiger partial charge in [-0.05, 0) is 18.2 Å². The molecule has 0 aliphatic heterocycles. The van der Waals surface area contributed by atoms with Gasteiger partial charge in [-0.2, -0.15) is 8.42 Å². The lowest BCUT2D eigenvalue weighted by Gasteiger charge is -2.13. The van der Waals surface area contributed by atoms with Gasteiger partial charge in [0.05, 0.1) is 27.0 Å². The third-order valence-electron chi connectivity index (χ3n) is 3.30. The van der Waals surface area contributed by atoms with Gasteiger partial charge >= 0.3 is 10.1 Å². The molecule has 0 saturated heterocycles. The fourth-order valence-electron chi connectivity index (χ4n) is 2.13. The average Bonchev–Trinajstić information content (AvgIpc) is 2.60. The monoisotopic (exact) mass is 381 g/mol. The van der Waals surface area contributed by atoms with Crippen LogP contribution in [-0.4, -0.2) is 35.7 Å². The summed E-state index contributed by atoms with van der Waals surface area (Å²) in [4.78, 5) is 11.2. The molecule has 0 aliphatic carbocycles. The van der Waals surface area contributed by atoms with Crippen molar-refractivity contribution in [1.29, 1.82) is 0 Å². The van der Waals surface area contributed by atoms with Crippen LogP contribution in [0.25, 0.3) is 0 Å². The molecule has 0 fully saturated rings. The highest BCUT2D eigenvalue weighted by Crippen LogP contribution is 2.32. The van der Waals surface area contributed by atoms with Crippen LogP contribution < -0.4 is 23.7 Å². The zero-order valence-corrected chi connectivity index (χ0v) is 15.5. The molecule has 0 unspecified atom stereocenters. The molecule has 0 atom stereocenters. The van der Waals surface area contributed by atoms with Crippen molar-refractivity contribution in [2.45, 2.75) is 11.8 Å². The summed E-state index contributed by atoms with van der Waals surface area (Å²) in [5, 5.41) is 2.51. The van der Waals surface area contributed by atoms with E-state index in [1.807, 2.05) is 0 Å². The minimum absolute atomic E-state index is 0.0260. The van der Waals surface area contributed by atoms with Crippen molar-refractivity contribution in [3.8, 4) is 23.0 Å². The van der Waals surface area contributed by atoms with Gasteiger partial charge in [-0.1, -0.05) is 0 Å². The zero-order chi connectivity index (χ0) is 19.3. The van der Waals surface area contributed by atoms with Crippen molar-refractivity contribution in [3.05, 3.63) is 36.4 Å². The number of hydrogen-bond donors (Lipinski definition) is 1. The molecule has 26 heavy (non-hydrogen) atoms. The van der Waals surface area contributed by atoms with Crippen molar-refractivity contribution in [2.75, 3.05) is 26.6 Å².